The van der Waals surface area contributed by atoms with Crippen molar-refractivity contribution in [2.45, 2.75) is 13.0 Å². The van der Waals surface area contributed by atoms with Gasteiger partial charge in [-0.05, 0) is 37.7 Å². The van der Waals surface area contributed by atoms with Gasteiger partial charge in [0.05, 0.1) is 13.7 Å². The van der Waals surface area contributed by atoms with Gasteiger partial charge < -0.3 is 25.0 Å². The summed E-state index contributed by atoms with van der Waals surface area (Å²) in [4.78, 5) is 6.50. The minimum atomic E-state index is 0. The lowest BCUT2D eigenvalue weighted by Crippen LogP contribution is -2.38. The molecule has 0 aliphatic carbocycles. The summed E-state index contributed by atoms with van der Waals surface area (Å²) < 4.78 is 10.2. The standard InChI is InChI=1S/C17H30N4O2.HI/c1-18-17(19-10-5-11-21(2)12-13-22-3)20-14-15-6-8-16(23-4)9-7-15;/h6-9H,5,10-14H2,1-4H3,(H2,18,19,20);1H. The summed E-state index contributed by atoms with van der Waals surface area (Å²) >= 11 is 0. The highest BCUT2D eigenvalue weighted by Gasteiger charge is 2.00. The molecule has 0 radical (unpaired) electrons. The number of guanidine groups is 1. The highest BCUT2D eigenvalue weighted by molar-refractivity contribution is 14.0. The van der Waals surface area contributed by atoms with Crippen LogP contribution in [-0.2, 0) is 11.3 Å². The van der Waals surface area contributed by atoms with E-state index in [1.165, 1.54) is 5.56 Å². The minimum absolute atomic E-state index is 0. The molecule has 2 N–H and O–H groups in total. The van der Waals surface area contributed by atoms with Gasteiger partial charge in [0.2, 0.25) is 0 Å². The van der Waals surface area contributed by atoms with E-state index in [0.717, 1.165) is 50.9 Å². The molecule has 0 saturated carbocycles. The van der Waals surface area contributed by atoms with E-state index in [9.17, 15) is 0 Å². The lowest BCUT2D eigenvalue weighted by molar-refractivity contribution is 0.161. The molecule has 0 heterocycles. The summed E-state index contributed by atoms with van der Waals surface area (Å²) in [5.74, 6) is 1.69. The lowest BCUT2D eigenvalue weighted by atomic mass is 10.2. The molecule has 1 aromatic carbocycles. The lowest BCUT2D eigenvalue weighted by Gasteiger charge is -2.17. The van der Waals surface area contributed by atoms with Crippen molar-refractivity contribution in [2.75, 3.05) is 54.6 Å². The van der Waals surface area contributed by atoms with Crippen LogP contribution in [0.3, 0.4) is 0 Å². The fourth-order valence-electron chi connectivity index (χ4n) is 2.06. The number of hydrogen-bond donors (Lipinski definition) is 2. The second-order valence-electron chi connectivity index (χ2n) is 5.35. The number of methoxy groups -OCH3 is 2. The van der Waals surface area contributed by atoms with Crippen molar-refractivity contribution in [1.82, 2.24) is 15.5 Å². The van der Waals surface area contributed by atoms with Crippen LogP contribution in [-0.4, -0.2) is 65.4 Å². The summed E-state index contributed by atoms with van der Waals surface area (Å²) in [5.41, 5.74) is 1.19. The van der Waals surface area contributed by atoms with Crippen LogP contribution >= 0.6 is 24.0 Å². The molecule has 0 spiro atoms. The maximum atomic E-state index is 5.16. The molecular formula is C17H31IN4O2. The van der Waals surface area contributed by atoms with Crippen LogP contribution < -0.4 is 15.4 Å². The highest BCUT2D eigenvalue weighted by Crippen LogP contribution is 2.10. The molecule has 0 unspecified atom stereocenters. The van der Waals surface area contributed by atoms with Crippen LogP contribution in [0, 0.1) is 0 Å². The van der Waals surface area contributed by atoms with Crippen molar-refractivity contribution in [2.24, 2.45) is 4.99 Å². The van der Waals surface area contributed by atoms with Crippen molar-refractivity contribution < 1.29 is 9.47 Å². The van der Waals surface area contributed by atoms with Crippen LogP contribution in [0.4, 0.5) is 0 Å². The third kappa shape index (κ3) is 9.94. The third-order valence-corrected chi connectivity index (χ3v) is 3.53. The van der Waals surface area contributed by atoms with E-state index < -0.39 is 0 Å². The fraction of sp³-hybridized carbons (Fsp3) is 0.588. The molecule has 1 rings (SSSR count). The van der Waals surface area contributed by atoms with Crippen LogP contribution in [0.15, 0.2) is 29.3 Å². The Kier molecular flexibility index (Phi) is 13.7. The van der Waals surface area contributed by atoms with Crippen LogP contribution in [0.2, 0.25) is 0 Å². The van der Waals surface area contributed by atoms with Gasteiger partial charge in [-0.25, -0.2) is 0 Å². The van der Waals surface area contributed by atoms with Crippen LogP contribution in [0.5, 0.6) is 5.75 Å². The number of halogens is 1. The number of ether oxygens (including phenoxy) is 2. The van der Waals surface area contributed by atoms with Crippen molar-refractivity contribution in [3.05, 3.63) is 29.8 Å². The average Bonchev–Trinajstić information content (AvgIpc) is 2.59. The first kappa shape index (κ1) is 22.9. The Labute approximate surface area is 163 Å². The molecule has 24 heavy (non-hydrogen) atoms. The van der Waals surface area contributed by atoms with Crippen molar-refractivity contribution in [1.29, 1.82) is 0 Å². The first-order valence-corrected chi connectivity index (χ1v) is 7.94. The Morgan fingerprint density at radius 3 is 2.42 bits per heavy atom. The Hall–Kier alpha value is -1.06. The van der Waals surface area contributed by atoms with E-state index in [4.69, 9.17) is 9.47 Å². The molecule has 0 amide bonds. The predicted octanol–water partition coefficient (Wildman–Crippen LogP) is 1.95. The van der Waals surface area contributed by atoms with Crippen molar-refractivity contribution in [3.63, 3.8) is 0 Å². The number of benzene rings is 1. The summed E-state index contributed by atoms with van der Waals surface area (Å²) in [7, 11) is 7.30. The molecular weight excluding hydrogens is 419 g/mol. The van der Waals surface area contributed by atoms with Crippen molar-refractivity contribution in [3.8, 4) is 5.75 Å². The zero-order valence-electron chi connectivity index (χ0n) is 15.2. The quantitative estimate of drug-likeness (QED) is 0.247. The van der Waals surface area contributed by atoms with E-state index >= 15 is 0 Å². The Bertz CT molecular complexity index is 454. The zero-order chi connectivity index (χ0) is 16.9. The monoisotopic (exact) mass is 450 g/mol. The summed E-state index contributed by atoms with van der Waals surface area (Å²) in [6.07, 6.45) is 1.06. The number of nitrogens with one attached hydrogen (secondary N) is 2. The van der Waals surface area contributed by atoms with E-state index in [1.807, 2.05) is 24.3 Å². The topological polar surface area (TPSA) is 58.1 Å². The predicted molar refractivity (Wildman–Crippen MR) is 111 cm³/mol. The molecule has 0 aliphatic rings. The van der Waals surface area contributed by atoms with Gasteiger partial charge in [-0.1, -0.05) is 12.1 Å². The molecule has 7 heteroatoms. The molecule has 6 nitrogen and oxygen atoms in total. The number of hydrogen-bond acceptors (Lipinski definition) is 4. The first-order chi connectivity index (χ1) is 11.2. The number of nitrogens with zero attached hydrogens (tertiary/aromatic N) is 2. The molecule has 0 bridgehead atoms. The number of rotatable bonds is 10. The van der Waals surface area contributed by atoms with Gasteiger partial charge in [0.15, 0.2) is 5.96 Å². The van der Waals surface area contributed by atoms with Gasteiger partial charge in [0.25, 0.3) is 0 Å². The smallest absolute Gasteiger partial charge is 0.191 e. The Balaban J connectivity index is 0.00000529. The van der Waals surface area contributed by atoms with E-state index in [-0.39, 0.29) is 24.0 Å². The van der Waals surface area contributed by atoms with Gasteiger partial charge in [-0.2, -0.15) is 0 Å². The maximum Gasteiger partial charge on any atom is 0.191 e. The summed E-state index contributed by atoms with van der Waals surface area (Å²) in [5, 5.41) is 6.64. The van der Waals surface area contributed by atoms with Gasteiger partial charge in [-0.3, -0.25) is 4.99 Å². The van der Waals surface area contributed by atoms with Gasteiger partial charge >= 0.3 is 0 Å². The molecule has 0 saturated heterocycles. The van der Waals surface area contributed by atoms with Crippen molar-refractivity contribution >= 4 is 29.9 Å². The second kappa shape index (κ2) is 14.3. The number of aliphatic imine (C=N–C) groups is 1. The van der Waals surface area contributed by atoms with Gasteiger partial charge in [0.1, 0.15) is 5.75 Å². The van der Waals surface area contributed by atoms with E-state index in [0.29, 0.717) is 0 Å². The van der Waals surface area contributed by atoms with Gasteiger partial charge in [0, 0.05) is 33.8 Å². The number of likely N-dealkylation sites (N-methyl/N-ethyl adjacent to an activating group) is 1. The Morgan fingerprint density at radius 2 is 1.83 bits per heavy atom. The zero-order valence-corrected chi connectivity index (χ0v) is 17.5. The normalized spacial score (nSPS) is 11.1. The molecule has 0 atom stereocenters. The molecule has 1 aromatic rings. The summed E-state index contributed by atoms with van der Waals surface area (Å²) in [6.45, 7) is 4.39. The minimum Gasteiger partial charge on any atom is -0.497 e. The SMILES string of the molecule is CN=C(NCCCN(C)CCOC)NCc1ccc(OC)cc1.I. The first-order valence-electron chi connectivity index (χ1n) is 7.94. The third-order valence-electron chi connectivity index (χ3n) is 3.53. The Morgan fingerprint density at radius 1 is 1.12 bits per heavy atom. The van der Waals surface area contributed by atoms with E-state index in [1.54, 1.807) is 21.3 Å². The second-order valence-corrected chi connectivity index (χ2v) is 5.35. The average molecular weight is 450 g/mol. The fourth-order valence-corrected chi connectivity index (χ4v) is 2.06. The molecule has 138 valence electrons. The molecule has 0 aliphatic heterocycles. The summed E-state index contributed by atoms with van der Waals surface area (Å²) in [6, 6.07) is 8.01. The molecule has 0 aromatic heterocycles. The molecule has 0 fully saturated rings. The van der Waals surface area contributed by atoms with Crippen LogP contribution in [0.25, 0.3) is 0 Å². The highest BCUT2D eigenvalue weighted by atomic mass is 127. The van der Waals surface area contributed by atoms with Gasteiger partial charge in [-0.15, -0.1) is 24.0 Å². The van der Waals surface area contributed by atoms with Crippen LogP contribution in [0.1, 0.15) is 12.0 Å². The maximum absolute atomic E-state index is 5.16. The van der Waals surface area contributed by atoms with E-state index in [2.05, 4.69) is 27.6 Å². The largest absolute Gasteiger partial charge is 0.497 e.